The molecule has 3 aromatic rings. The minimum Gasteiger partial charge on any atom is -0.508 e. The third kappa shape index (κ3) is 4.84. The van der Waals surface area contributed by atoms with Crippen molar-refractivity contribution in [3.8, 4) is 17.2 Å². The average Bonchev–Trinajstić information content (AvgIpc) is 3.83. The van der Waals surface area contributed by atoms with Crippen molar-refractivity contribution in [1.82, 2.24) is 15.1 Å². The Morgan fingerprint density at radius 1 is 1.14 bits per heavy atom. The van der Waals surface area contributed by atoms with E-state index >= 15 is 0 Å². The highest BCUT2D eigenvalue weighted by molar-refractivity contribution is 7.99. The van der Waals surface area contributed by atoms with Crippen LogP contribution in [0.5, 0.6) is 17.2 Å². The molecule has 8 aliphatic rings. The van der Waals surface area contributed by atoms with Crippen LogP contribution in [-0.2, 0) is 31.0 Å². The molecule has 7 aliphatic heterocycles. The van der Waals surface area contributed by atoms with Crippen molar-refractivity contribution < 1.29 is 53.0 Å². The fourth-order valence-electron chi connectivity index (χ4n) is 11.5. The highest BCUT2D eigenvalue weighted by Crippen LogP contribution is 2.65. The molecule has 1 spiro atoms. The number of piperazine rings is 1. The van der Waals surface area contributed by atoms with Gasteiger partial charge in [0.15, 0.2) is 22.8 Å². The number of nitrogens with zero attached hydrogens (tertiary/aromatic N) is 2. The number of hydrogen-bond acceptors (Lipinski definition) is 15. The Bertz CT molecular complexity index is 2310. The number of furan rings is 1. The lowest BCUT2D eigenvalue weighted by atomic mass is 9.56. The lowest BCUT2D eigenvalue weighted by Gasteiger charge is -2.67. The second kappa shape index (κ2) is 12.9. The van der Waals surface area contributed by atoms with Crippen molar-refractivity contribution in [2.45, 2.75) is 87.8 Å². The Labute approximate surface area is 333 Å². The number of hydrogen-bond donors (Lipinski definition) is 4. The molecule has 3 fully saturated rings. The van der Waals surface area contributed by atoms with Crippen LogP contribution >= 0.6 is 11.8 Å². The zero-order valence-electron chi connectivity index (χ0n) is 32.7. The fourth-order valence-corrected chi connectivity index (χ4v) is 13.1. The van der Waals surface area contributed by atoms with Crippen LogP contribution in [-0.4, -0.2) is 107 Å². The van der Waals surface area contributed by atoms with Gasteiger partial charge >= 0.3 is 11.9 Å². The van der Waals surface area contributed by atoms with E-state index in [4.69, 9.17) is 28.1 Å². The molecule has 15 heteroatoms. The number of likely N-dealkylation sites (N-methyl/N-ethyl adjacent to an activating group) is 1. The molecule has 0 radical (unpaired) electrons. The van der Waals surface area contributed by atoms with E-state index in [2.05, 4.69) is 23.2 Å². The predicted molar refractivity (Wildman–Crippen MR) is 207 cm³/mol. The van der Waals surface area contributed by atoms with Gasteiger partial charge in [0.25, 0.3) is 0 Å². The van der Waals surface area contributed by atoms with Gasteiger partial charge in [-0.15, -0.1) is 11.8 Å². The predicted octanol–water partition coefficient (Wildman–Crippen LogP) is 4.26. The monoisotopic (exact) mass is 801 g/mol. The van der Waals surface area contributed by atoms with Crippen LogP contribution in [0.15, 0.2) is 51.9 Å². The SMILES string of the molecule is COC1=C(O)C2(C)C(C=C1C)C[C@H]1[C@H](O)N3[C@@H]([C@@H]4SC[C@]5(N[C@@H](CO)Cc6c5oc5ccccc65)C(=O)OC[C@H]3c3c5c(c(C)c(OC(C)=O)c34)OCO5)[C@@H]2N1C. The largest absolute Gasteiger partial charge is 0.508 e. The average molecular weight is 802 g/mol. The van der Waals surface area contributed by atoms with E-state index in [1.165, 1.54) is 18.7 Å². The molecule has 8 heterocycles. The van der Waals surface area contributed by atoms with Gasteiger partial charge in [0.1, 0.15) is 35.7 Å². The maximum atomic E-state index is 15.0. The van der Waals surface area contributed by atoms with Crippen LogP contribution in [0.4, 0.5) is 0 Å². The number of allylic oxidation sites excluding steroid dienone is 2. The molecule has 11 rings (SSSR count). The summed E-state index contributed by atoms with van der Waals surface area (Å²) in [7, 11) is 3.55. The summed E-state index contributed by atoms with van der Waals surface area (Å²) in [6, 6.07) is 4.96. The second-order valence-corrected chi connectivity index (χ2v) is 17.8. The van der Waals surface area contributed by atoms with E-state index in [0.717, 1.165) is 16.5 Å². The van der Waals surface area contributed by atoms with Gasteiger partial charge < -0.3 is 43.4 Å². The van der Waals surface area contributed by atoms with Crippen molar-refractivity contribution in [2.75, 3.05) is 39.9 Å². The summed E-state index contributed by atoms with van der Waals surface area (Å²) in [4.78, 5) is 32.2. The van der Waals surface area contributed by atoms with Crippen molar-refractivity contribution in [3.63, 3.8) is 0 Å². The summed E-state index contributed by atoms with van der Waals surface area (Å²) >= 11 is 1.46. The minimum atomic E-state index is -1.53. The number of ether oxygens (including phenoxy) is 5. The summed E-state index contributed by atoms with van der Waals surface area (Å²) in [5.74, 6) is 1.02. The molecule has 0 amide bonds. The first-order valence-electron chi connectivity index (χ1n) is 19.5. The summed E-state index contributed by atoms with van der Waals surface area (Å²) < 4.78 is 37.3. The Morgan fingerprint density at radius 2 is 1.91 bits per heavy atom. The molecule has 10 atom stereocenters. The molecule has 57 heavy (non-hydrogen) atoms. The number of thioether (sulfide) groups is 1. The number of methoxy groups -OCH3 is 1. The molecule has 4 N–H and O–H groups in total. The molecule has 2 aromatic carbocycles. The van der Waals surface area contributed by atoms with Gasteiger partial charge in [-0.2, -0.15) is 0 Å². The number of benzene rings is 2. The first-order valence-corrected chi connectivity index (χ1v) is 20.6. The van der Waals surface area contributed by atoms with E-state index in [-0.39, 0.29) is 43.5 Å². The topological polar surface area (TPSA) is 173 Å². The number of fused-ring (bicyclic) bond motifs is 11. The molecule has 3 saturated heterocycles. The van der Waals surface area contributed by atoms with E-state index < -0.39 is 58.5 Å². The van der Waals surface area contributed by atoms with E-state index in [9.17, 15) is 24.9 Å². The number of aliphatic hydroxyl groups is 3. The number of rotatable bonds is 3. The number of nitrogens with one attached hydrogen (secondary N) is 1. The van der Waals surface area contributed by atoms with Crippen molar-refractivity contribution in [3.05, 3.63) is 75.4 Å². The Kier molecular flexibility index (Phi) is 8.37. The van der Waals surface area contributed by atoms with Crippen molar-refractivity contribution >= 4 is 34.7 Å². The molecular weight excluding hydrogens is 755 g/mol. The molecule has 4 bridgehead atoms. The summed E-state index contributed by atoms with van der Waals surface area (Å²) in [5, 5.41) is 39.5. The normalized spacial score (nSPS) is 35.6. The maximum Gasteiger partial charge on any atom is 0.335 e. The third-order valence-corrected chi connectivity index (χ3v) is 15.4. The van der Waals surface area contributed by atoms with Gasteiger partial charge in [0.2, 0.25) is 6.79 Å². The first-order chi connectivity index (χ1) is 27.3. The van der Waals surface area contributed by atoms with Gasteiger partial charge in [-0.25, -0.2) is 4.79 Å². The number of aliphatic hydroxyl groups excluding tert-OH is 3. The van der Waals surface area contributed by atoms with Crippen LogP contribution in [0.1, 0.15) is 66.5 Å². The fraction of sp³-hybridized carbons (Fsp3) is 0.524. The standard InChI is InChI=1S/C42H47N3O11S/c1-18-11-21-12-25-39(49)45-26-15-52-40(50)42(38-24(13-22(14-46)43-42)23-9-7-8-10-27(23)56-38)16-57-35(30(45)36(44(25)5)41(21,4)37(48)31(18)51-6)29-28(26)34-33(53-17-54-34)19(2)32(29)55-20(3)47/h7-11,21-22,25-26,30,35-36,39,43,46,48-49H,12-17H2,1-6H3/t21?,22-,25+,26+,30+,35-,36+,39+,41?,42-/m1/s1. The zero-order valence-corrected chi connectivity index (χ0v) is 33.5. The smallest absolute Gasteiger partial charge is 0.335 e. The van der Waals surface area contributed by atoms with Crippen LogP contribution in [0.2, 0.25) is 0 Å². The van der Waals surface area contributed by atoms with Crippen molar-refractivity contribution in [2.24, 2.45) is 11.3 Å². The third-order valence-electron chi connectivity index (χ3n) is 13.9. The summed E-state index contributed by atoms with van der Waals surface area (Å²) in [6.07, 6.45) is 2.09. The van der Waals surface area contributed by atoms with Crippen molar-refractivity contribution in [1.29, 1.82) is 0 Å². The molecule has 0 saturated carbocycles. The van der Waals surface area contributed by atoms with Crippen LogP contribution in [0, 0.1) is 18.3 Å². The molecule has 2 unspecified atom stereocenters. The lowest BCUT2D eigenvalue weighted by Crippen LogP contribution is -2.77. The Hall–Kier alpha value is -4.25. The Balaban J connectivity index is 1.24. The number of carbonyl (C=O) groups excluding carboxylic acids is 2. The summed E-state index contributed by atoms with van der Waals surface area (Å²) in [6.45, 7) is 6.67. The second-order valence-electron chi connectivity index (χ2n) is 16.7. The number of esters is 2. The maximum absolute atomic E-state index is 15.0. The van der Waals surface area contributed by atoms with Gasteiger partial charge in [0, 0.05) is 64.5 Å². The zero-order chi connectivity index (χ0) is 39.9. The Morgan fingerprint density at radius 3 is 2.67 bits per heavy atom. The molecule has 1 aromatic heterocycles. The van der Waals surface area contributed by atoms with E-state index in [1.807, 2.05) is 50.1 Å². The molecular formula is C42H47N3O11S. The van der Waals surface area contributed by atoms with E-state index in [0.29, 0.717) is 63.9 Å². The van der Waals surface area contributed by atoms with E-state index in [1.54, 1.807) is 7.11 Å². The highest BCUT2D eigenvalue weighted by Gasteiger charge is 2.67. The quantitative estimate of drug-likeness (QED) is 0.219. The summed E-state index contributed by atoms with van der Waals surface area (Å²) in [5.41, 5.74) is 1.74. The number of carbonyl (C=O) groups is 2. The van der Waals surface area contributed by atoms with Gasteiger partial charge in [-0.05, 0) is 51.3 Å². The van der Waals surface area contributed by atoms with Crippen LogP contribution < -0.4 is 19.5 Å². The highest BCUT2D eigenvalue weighted by atomic mass is 32.2. The number of para-hydroxylation sites is 1. The van der Waals surface area contributed by atoms with Gasteiger partial charge in [-0.1, -0.05) is 31.2 Å². The van der Waals surface area contributed by atoms with Gasteiger partial charge in [-0.3, -0.25) is 19.9 Å². The minimum absolute atomic E-state index is 0.0647. The molecule has 1 aliphatic carbocycles. The number of piperidine rings is 1. The van der Waals surface area contributed by atoms with Crippen LogP contribution in [0.25, 0.3) is 11.0 Å². The lowest BCUT2D eigenvalue weighted by molar-refractivity contribution is -0.222. The van der Waals surface area contributed by atoms with Gasteiger partial charge in [0.05, 0.1) is 30.4 Å². The molecule has 14 nitrogen and oxygen atoms in total. The molecule has 302 valence electrons. The first kappa shape index (κ1) is 37.0. The van der Waals surface area contributed by atoms with Crippen LogP contribution in [0.3, 0.4) is 0 Å².